The highest BCUT2D eigenvalue weighted by atomic mass is 35.5. The number of rotatable bonds is 6. The van der Waals surface area contributed by atoms with Gasteiger partial charge in [-0.1, -0.05) is 11.6 Å². The van der Waals surface area contributed by atoms with Gasteiger partial charge in [0.15, 0.2) is 5.78 Å². The third kappa shape index (κ3) is 4.44. The van der Waals surface area contributed by atoms with Gasteiger partial charge in [-0.2, -0.15) is 0 Å². The molecule has 1 aromatic rings. The lowest BCUT2D eigenvalue weighted by Gasteiger charge is -2.08. The van der Waals surface area contributed by atoms with E-state index in [1.54, 1.807) is 18.2 Å². The predicted octanol–water partition coefficient (Wildman–Crippen LogP) is 2.82. The summed E-state index contributed by atoms with van der Waals surface area (Å²) in [4.78, 5) is 21.5. The van der Waals surface area contributed by atoms with Gasteiger partial charge in [0.1, 0.15) is 0 Å². The molecule has 0 atom stereocenters. The van der Waals surface area contributed by atoms with Crippen molar-refractivity contribution in [2.75, 3.05) is 11.9 Å². The summed E-state index contributed by atoms with van der Waals surface area (Å²) in [5.41, 5.74) is 1.24. The zero-order valence-electron chi connectivity index (χ0n) is 9.50. The second-order valence-corrected chi connectivity index (χ2v) is 4.08. The van der Waals surface area contributed by atoms with E-state index in [0.717, 1.165) is 0 Å². The summed E-state index contributed by atoms with van der Waals surface area (Å²) in [7, 11) is 0. The number of hydrogen-bond acceptors (Lipinski definition) is 3. The number of carbonyl (C=O) groups excluding carboxylic acids is 1. The molecule has 0 radical (unpaired) electrons. The van der Waals surface area contributed by atoms with Crippen molar-refractivity contribution >= 4 is 29.0 Å². The van der Waals surface area contributed by atoms with Crippen LogP contribution in [0.5, 0.6) is 0 Å². The monoisotopic (exact) mass is 255 g/mol. The Morgan fingerprint density at radius 3 is 2.71 bits per heavy atom. The maximum Gasteiger partial charge on any atom is 0.303 e. The van der Waals surface area contributed by atoms with Crippen molar-refractivity contribution in [3.63, 3.8) is 0 Å². The minimum atomic E-state index is -0.824. The molecular formula is C12H14ClNO3. The van der Waals surface area contributed by atoms with Crippen molar-refractivity contribution < 1.29 is 14.7 Å². The van der Waals surface area contributed by atoms with E-state index in [0.29, 0.717) is 29.2 Å². The van der Waals surface area contributed by atoms with Crippen LogP contribution in [0.4, 0.5) is 5.69 Å². The summed E-state index contributed by atoms with van der Waals surface area (Å²) in [5.74, 6) is -0.856. The van der Waals surface area contributed by atoms with Crippen LogP contribution in [0.1, 0.15) is 30.1 Å². The van der Waals surface area contributed by atoms with Gasteiger partial charge in [-0.15, -0.1) is 0 Å². The Kier molecular flexibility index (Phi) is 4.97. The Labute approximate surface area is 105 Å². The number of benzene rings is 1. The molecule has 0 fully saturated rings. The minimum absolute atomic E-state index is 0.0322. The zero-order chi connectivity index (χ0) is 12.8. The Balaban J connectivity index is 2.60. The molecule has 17 heavy (non-hydrogen) atoms. The summed E-state index contributed by atoms with van der Waals surface area (Å²) < 4.78 is 0. The van der Waals surface area contributed by atoms with Gasteiger partial charge in [-0.05, 0) is 31.5 Å². The van der Waals surface area contributed by atoms with Gasteiger partial charge in [0, 0.05) is 18.5 Å². The van der Waals surface area contributed by atoms with Gasteiger partial charge < -0.3 is 10.4 Å². The second kappa shape index (κ2) is 6.25. The molecule has 0 unspecified atom stereocenters. The molecule has 0 aromatic heterocycles. The average Bonchev–Trinajstić information content (AvgIpc) is 2.25. The van der Waals surface area contributed by atoms with Gasteiger partial charge >= 0.3 is 5.97 Å². The first kappa shape index (κ1) is 13.5. The third-order valence-corrected chi connectivity index (χ3v) is 2.59. The highest BCUT2D eigenvalue weighted by molar-refractivity contribution is 6.33. The van der Waals surface area contributed by atoms with E-state index in [4.69, 9.17) is 16.7 Å². The quantitative estimate of drug-likeness (QED) is 0.606. The Morgan fingerprint density at radius 1 is 1.41 bits per heavy atom. The molecule has 0 amide bonds. The van der Waals surface area contributed by atoms with Crippen LogP contribution in [0.3, 0.4) is 0 Å². The summed E-state index contributed by atoms with van der Waals surface area (Å²) in [6, 6.07) is 4.98. The van der Waals surface area contributed by atoms with Crippen molar-refractivity contribution in [2.45, 2.75) is 19.8 Å². The number of ketones is 1. The van der Waals surface area contributed by atoms with E-state index >= 15 is 0 Å². The minimum Gasteiger partial charge on any atom is -0.481 e. The van der Waals surface area contributed by atoms with E-state index in [1.165, 1.54) is 6.92 Å². The van der Waals surface area contributed by atoms with Gasteiger partial charge in [0.05, 0.1) is 10.7 Å². The normalized spacial score (nSPS) is 10.0. The van der Waals surface area contributed by atoms with Crippen LogP contribution >= 0.6 is 11.6 Å². The molecule has 0 aliphatic heterocycles. The number of Topliss-reactive ketones (excluding diaryl/α,β-unsaturated/α-hetero) is 1. The van der Waals surface area contributed by atoms with Crippen molar-refractivity contribution in [2.24, 2.45) is 0 Å². The summed E-state index contributed by atoms with van der Waals surface area (Å²) in [6.45, 7) is 1.99. The fourth-order valence-electron chi connectivity index (χ4n) is 1.34. The highest BCUT2D eigenvalue weighted by Gasteiger charge is 2.05. The number of hydrogen-bond donors (Lipinski definition) is 2. The van der Waals surface area contributed by atoms with Crippen LogP contribution in [0.2, 0.25) is 5.02 Å². The Bertz CT molecular complexity index is 432. The van der Waals surface area contributed by atoms with Crippen LogP contribution in [-0.2, 0) is 4.79 Å². The van der Waals surface area contributed by atoms with E-state index in [-0.39, 0.29) is 12.2 Å². The molecule has 0 bridgehead atoms. The molecule has 1 rings (SSSR count). The van der Waals surface area contributed by atoms with Gasteiger partial charge in [0.25, 0.3) is 0 Å². The van der Waals surface area contributed by atoms with Crippen molar-refractivity contribution in [1.29, 1.82) is 0 Å². The molecule has 4 nitrogen and oxygen atoms in total. The van der Waals surface area contributed by atoms with Gasteiger partial charge in [-0.25, -0.2) is 0 Å². The number of nitrogens with one attached hydrogen (secondary N) is 1. The predicted molar refractivity (Wildman–Crippen MR) is 66.8 cm³/mol. The number of halogens is 1. The fourth-order valence-corrected chi connectivity index (χ4v) is 1.53. The molecule has 0 aliphatic carbocycles. The molecule has 0 saturated heterocycles. The standard InChI is InChI=1S/C12H14ClNO3/c1-8(15)9-4-5-10(13)11(7-9)14-6-2-3-12(16)17/h4-5,7,14H,2-3,6H2,1H3,(H,16,17). The maximum atomic E-state index is 11.2. The van der Waals surface area contributed by atoms with Crippen LogP contribution in [0.25, 0.3) is 0 Å². The molecule has 1 aromatic carbocycles. The van der Waals surface area contributed by atoms with Crippen molar-refractivity contribution in [3.05, 3.63) is 28.8 Å². The molecule has 0 spiro atoms. The van der Waals surface area contributed by atoms with E-state index in [2.05, 4.69) is 5.32 Å². The SMILES string of the molecule is CC(=O)c1ccc(Cl)c(NCCCC(=O)O)c1. The van der Waals surface area contributed by atoms with Crippen molar-refractivity contribution in [3.8, 4) is 0 Å². The van der Waals surface area contributed by atoms with E-state index in [1.807, 2.05) is 0 Å². The smallest absolute Gasteiger partial charge is 0.303 e. The molecule has 0 aliphatic rings. The average molecular weight is 256 g/mol. The largest absolute Gasteiger partial charge is 0.481 e. The molecule has 2 N–H and O–H groups in total. The van der Waals surface area contributed by atoms with Crippen LogP contribution in [-0.4, -0.2) is 23.4 Å². The third-order valence-electron chi connectivity index (χ3n) is 2.26. The second-order valence-electron chi connectivity index (χ2n) is 3.67. The van der Waals surface area contributed by atoms with Gasteiger partial charge in [0.2, 0.25) is 0 Å². The maximum absolute atomic E-state index is 11.2. The van der Waals surface area contributed by atoms with Gasteiger partial charge in [-0.3, -0.25) is 9.59 Å². The van der Waals surface area contributed by atoms with E-state index in [9.17, 15) is 9.59 Å². The van der Waals surface area contributed by atoms with Crippen LogP contribution in [0.15, 0.2) is 18.2 Å². The van der Waals surface area contributed by atoms with Crippen LogP contribution in [0, 0.1) is 0 Å². The summed E-state index contributed by atoms with van der Waals surface area (Å²) in [6.07, 6.45) is 0.618. The summed E-state index contributed by atoms with van der Waals surface area (Å²) in [5, 5.41) is 12.0. The number of carboxylic acid groups (broad SMARTS) is 1. The number of carbonyl (C=O) groups is 2. The van der Waals surface area contributed by atoms with E-state index < -0.39 is 5.97 Å². The van der Waals surface area contributed by atoms with Crippen molar-refractivity contribution in [1.82, 2.24) is 0 Å². The molecule has 0 heterocycles. The molecule has 5 heteroatoms. The lowest BCUT2D eigenvalue weighted by molar-refractivity contribution is -0.137. The topological polar surface area (TPSA) is 66.4 Å². The number of aliphatic carboxylic acids is 1. The zero-order valence-corrected chi connectivity index (χ0v) is 10.3. The first-order valence-electron chi connectivity index (χ1n) is 5.27. The number of anilines is 1. The lowest BCUT2D eigenvalue weighted by Crippen LogP contribution is -2.06. The Morgan fingerprint density at radius 2 is 2.12 bits per heavy atom. The first-order chi connectivity index (χ1) is 8.00. The molecular weight excluding hydrogens is 242 g/mol. The van der Waals surface area contributed by atoms with Crippen LogP contribution < -0.4 is 5.32 Å². The molecule has 92 valence electrons. The first-order valence-corrected chi connectivity index (χ1v) is 5.64. The number of carboxylic acids is 1. The fraction of sp³-hybridized carbons (Fsp3) is 0.333. The highest BCUT2D eigenvalue weighted by Crippen LogP contribution is 2.23. The Hall–Kier alpha value is -1.55. The summed E-state index contributed by atoms with van der Waals surface area (Å²) >= 11 is 5.95. The lowest BCUT2D eigenvalue weighted by atomic mass is 10.1. The molecule has 0 saturated carbocycles.